The molecule has 1 aliphatic carbocycles. The maximum absolute atomic E-state index is 12.9. The number of benzene rings is 4. The summed E-state index contributed by atoms with van der Waals surface area (Å²) in [6.45, 7) is 11.3. The molecule has 5 atom stereocenters. The SMILES string of the molecule is CC(C(=O)O)c1ccc(C(=O)O)cc1.CCCCCC(C)CCC(C(=O)C1CCC1)c1ccc(C(=O)O)cc1.CCCN(CCN(CCC)C(C(=O)O)c1ccc(C(=O)O)cc1)C(C(=O)O)c1ccc(C(=O)O)cc1. The summed E-state index contributed by atoms with van der Waals surface area (Å²) in [6, 6.07) is 22.1. The highest BCUT2D eigenvalue weighted by atomic mass is 16.4. The second-order valence-electron chi connectivity index (χ2n) is 19.1. The summed E-state index contributed by atoms with van der Waals surface area (Å²) in [7, 11) is 0. The molecule has 0 aromatic heterocycles. The van der Waals surface area contributed by atoms with Crippen LogP contribution in [0.2, 0.25) is 0 Å². The van der Waals surface area contributed by atoms with Crippen molar-refractivity contribution in [3.05, 3.63) is 142 Å². The number of carboxylic acid groups (broad SMARTS) is 7. The summed E-state index contributed by atoms with van der Waals surface area (Å²) >= 11 is 0. The molecule has 0 saturated heterocycles. The number of Topliss-reactive ketones (excluding diaryl/α,β-unsaturated/α-hetero) is 1. The van der Waals surface area contributed by atoms with E-state index in [0.29, 0.717) is 54.3 Å². The minimum atomic E-state index is -1.11. The first-order valence-corrected chi connectivity index (χ1v) is 25.7. The molecule has 1 aliphatic rings. The minimum Gasteiger partial charge on any atom is -0.481 e. The number of carbonyl (C=O) groups is 8. The third-order valence-corrected chi connectivity index (χ3v) is 13.5. The van der Waals surface area contributed by atoms with Gasteiger partial charge in [0.2, 0.25) is 0 Å². The molecule has 0 heterocycles. The standard InChI is InChI=1S/C26H32N2O8.C22H32O3.C10H10O4/c1-3-13-27(21(25(33)34)17-5-9-19(10-6-17)23(29)30)15-16-28(14-4-2)22(26(35)36)18-7-11-20(12-8-18)24(31)32;1-3-4-5-7-16(2)10-15-20(21(23)18-8-6-9-18)17-11-13-19(14-12-17)22(24)25;1-6(9(11)12)7-2-4-8(5-3-7)10(13)14/h5-12,21-22H,3-4,13-16H2,1-2H3,(H,29,30)(H,31,32)(H,33,34)(H,35,36);11-14,16,18,20H,3-10,15H2,1-2H3,(H,24,25);2-6H,1H3,(H,11,12)(H,13,14). The molecule has 7 N–H and O–H groups in total. The maximum atomic E-state index is 12.9. The van der Waals surface area contributed by atoms with E-state index in [1.165, 1.54) is 98.5 Å². The number of hydrogen-bond donors (Lipinski definition) is 7. The Balaban J connectivity index is 0.000000327. The van der Waals surface area contributed by atoms with Gasteiger partial charge in [-0.05, 0) is 135 Å². The van der Waals surface area contributed by atoms with Crippen LogP contribution in [0.25, 0.3) is 0 Å². The fraction of sp³-hybridized carbons (Fsp3) is 0.448. The van der Waals surface area contributed by atoms with Crippen LogP contribution in [0, 0.1) is 11.8 Å². The van der Waals surface area contributed by atoms with Gasteiger partial charge in [0.15, 0.2) is 0 Å². The van der Waals surface area contributed by atoms with Crippen molar-refractivity contribution in [1.82, 2.24) is 9.80 Å². The van der Waals surface area contributed by atoms with Gasteiger partial charge in [0, 0.05) is 24.9 Å². The number of unbranched alkanes of at least 4 members (excludes halogenated alkanes) is 2. The van der Waals surface area contributed by atoms with Gasteiger partial charge in [-0.1, -0.05) is 108 Å². The van der Waals surface area contributed by atoms with Crippen molar-refractivity contribution in [3.63, 3.8) is 0 Å². The van der Waals surface area contributed by atoms with Crippen molar-refractivity contribution in [1.29, 1.82) is 0 Å². The highest BCUT2D eigenvalue weighted by Gasteiger charge is 2.33. The Morgan fingerprint density at radius 2 is 0.800 bits per heavy atom. The number of nitrogens with zero attached hydrogens (tertiary/aromatic N) is 2. The Labute approximate surface area is 438 Å². The zero-order valence-electron chi connectivity index (χ0n) is 43.6. The third-order valence-electron chi connectivity index (χ3n) is 13.5. The molecule has 17 nitrogen and oxygen atoms in total. The topological polar surface area (TPSA) is 285 Å². The number of aliphatic carboxylic acids is 3. The van der Waals surface area contributed by atoms with Gasteiger partial charge in [-0.3, -0.25) is 29.0 Å². The Kier molecular flexibility index (Phi) is 26.0. The highest BCUT2D eigenvalue weighted by molar-refractivity contribution is 5.91. The van der Waals surface area contributed by atoms with Crippen LogP contribution in [0.3, 0.4) is 0 Å². The van der Waals surface area contributed by atoms with Gasteiger partial charge in [0.25, 0.3) is 0 Å². The molecule has 1 fully saturated rings. The summed E-state index contributed by atoms with van der Waals surface area (Å²) in [5.74, 6) is -6.70. The lowest BCUT2D eigenvalue weighted by Crippen LogP contribution is -2.43. The Bertz CT molecular complexity index is 2400. The first-order valence-electron chi connectivity index (χ1n) is 25.7. The van der Waals surface area contributed by atoms with Crippen molar-refractivity contribution in [2.24, 2.45) is 11.8 Å². The van der Waals surface area contributed by atoms with E-state index in [4.69, 9.17) is 25.5 Å². The average Bonchev–Trinajstić information content (AvgIpc) is 3.35. The minimum absolute atomic E-state index is 0.0530. The van der Waals surface area contributed by atoms with E-state index in [-0.39, 0.29) is 47.2 Å². The predicted octanol–water partition coefficient (Wildman–Crippen LogP) is 10.9. The van der Waals surface area contributed by atoms with Crippen LogP contribution in [-0.4, -0.2) is 119 Å². The second-order valence-corrected chi connectivity index (χ2v) is 19.1. The molecule has 406 valence electrons. The predicted molar refractivity (Wildman–Crippen MR) is 282 cm³/mol. The normalized spacial score (nSPS) is 14.1. The molecular formula is C58H74N2O15. The number of hydrogen-bond acceptors (Lipinski definition) is 10. The van der Waals surface area contributed by atoms with E-state index in [1.807, 2.05) is 26.0 Å². The summed E-state index contributed by atoms with van der Waals surface area (Å²) < 4.78 is 0. The molecule has 4 aromatic carbocycles. The van der Waals surface area contributed by atoms with Crippen molar-refractivity contribution < 1.29 is 74.1 Å². The number of rotatable bonds is 29. The van der Waals surface area contributed by atoms with Crippen molar-refractivity contribution >= 4 is 47.6 Å². The van der Waals surface area contributed by atoms with E-state index in [9.17, 15) is 48.6 Å². The Morgan fingerprint density at radius 3 is 1.09 bits per heavy atom. The van der Waals surface area contributed by atoms with Gasteiger partial charge in [0.05, 0.1) is 28.2 Å². The molecule has 17 heteroatoms. The molecule has 1 saturated carbocycles. The van der Waals surface area contributed by atoms with Gasteiger partial charge in [-0.25, -0.2) is 19.2 Å². The molecule has 75 heavy (non-hydrogen) atoms. The Morgan fingerprint density at radius 1 is 0.440 bits per heavy atom. The summed E-state index contributed by atoms with van der Waals surface area (Å²) in [6.07, 6.45) is 11.5. The van der Waals surface area contributed by atoms with Crippen molar-refractivity contribution in [3.8, 4) is 0 Å². The molecule has 0 bridgehead atoms. The van der Waals surface area contributed by atoms with Crippen LogP contribution in [-0.2, 0) is 19.2 Å². The zero-order valence-corrected chi connectivity index (χ0v) is 43.6. The zero-order chi connectivity index (χ0) is 55.8. The summed E-state index contributed by atoms with van der Waals surface area (Å²) in [5, 5.41) is 64.7. The molecule has 0 spiro atoms. The maximum Gasteiger partial charge on any atom is 0.335 e. The number of carbonyl (C=O) groups excluding carboxylic acids is 1. The first-order chi connectivity index (χ1) is 35.6. The van der Waals surface area contributed by atoms with Crippen molar-refractivity contribution in [2.75, 3.05) is 26.2 Å². The third kappa shape index (κ3) is 19.5. The molecule has 5 rings (SSSR count). The highest BCUT2D eigenvalue weighted by Crippen LogP contribution is 2.36. The average molecular weight is 1040 g/mol. The number of carboxylic acids is 7. The van der Waals surface area contributed by atoms with Crippen LogP contribution < -0.4 is 0 Å². The molecule has 4 aromatic rings. The smallest absolute Gasteiger partial charge is 0.335 e. The quantitative estimate of drug-likeness (QED) is 0.0249. The molecule has 0 amide bonds. The van der Waals surface area contributed by atoms with E-state index < -0.39 is 59.8 Å². The number of aromatic carboxylic acids is 4. The molecule has 5 unspecified atom stereocenters. The largest absolute Gasteiger partial charge is 0.481 e. The van der Waals surface area contributed by atoms with E-state index >= 15 is 0 Å². The molecular weight excluding hydrogens is 965 g/mol. The van der Waals surface area contributed by atoms with Crippen LogP contribution in [0.4, 0.5) is 0 Å². The monoisotopic (exact) mass is 1040 g/mol. The van der Waals surface area contributed by atoms with E-state index in [1.54, 1.807) is 28.9 Å². The van der Waals surface area contributed by atoms with Gasteiger partial charge in [-0.15, -0.1) is 0 Å². The van der Waals surface area contributed by atoms with Crippen LogP contribution in [0.1, 0.15) is 193 Å². The first kappa shape index (κ1) is 62.1. The lowest BCUT2D eigenvalue weighted by atomic mass is 9.74. The fourth-order valence-corrected chi connectivity index (χ4v) is 8.91. The van der Waals surface area contributed by atoms with Crippen molar-refractivity contribution in [2.45, 2.75) is 129 Å². The van der Waals surface area contributed by atoms with E-state index in [2.05, 4.69) is 13.8 Å². The van der Waals surface area contributed by atoms with E-state index in [0.717, 1.165) is 37.7 Å². The second kappa shape index (κ2) is 31.5. The lowest BCUT2D eigenvalue weighted by Gasteiger charge is -2.34. The summed E-state index contributed by atoms with van der Waals surface area (Å²) in [4.78, 5) is 95.4. The number of ketones is 1. The van der Waals surface area contributed by atoms with Gasteiger partial charge < -0.3 is 35.7 Å². The lowest BCUT2D eigenvalue weighted by molar-refractivity contribution is -0.146. The molecule has 0 radical (unpaired) electrons. The van der Waals surface area contributed by atoms with Crippen LogP contribution >= 0.6 is 0 Å². The van der Waals surface area contributed by atoms with Gasteiger partial charge in [-0.2, -0.15) is 0 Å². The fourth-order valence-electron chi connectivity index (χ4n) is 8.91. The van der Waals surface area contributed by atoms with Gasteiger partial charge in [0.1, 0.15) is 17.9 Å². The van der Waals surface area contributed by atoms with Crippen LogP contribution in [0.5, 0.6) is 0 Å². The van der Waals surface area contributed by atoms with Gasteiger partial charge >= 0.3 is 41.8 Å². The molecule has 0 aliphatic heterocycles. The summed E-state index contributed by atoms with van der Waals surface area (Å²) in [5.41, 5.74) is 3.00. The Hall–Kier alpha value is -7.24. The van der Waals surface area contributed by atoms with Crippen LogP contribution in [0.15, 0.2) is 97.1 Å².